The first-order chi connectivity index (χ1) is 18.0. The molecule has 37 heavy (non-hydrogen) atoms. The van der Waals surface area contributed by atoms with Crippen molar-refractivity contribution >= 4 is 16.8 Å². The highest BCUT2D eigenvalue weighted by Crippen LogP contribution is 2.34. The number of imidazole rings is 1. The number of phenolic OH excluding ortho intramolecular Hbond substituents is 1. The summed E-state index contributed by atoms with van der Waals surface area (Å²) >= 11 is 0. The molecule has 0 aliphatic carbocycles. The van der Waals surface area contributed by atoms with Gasteiger partial charge >= 0.3 is 0 Å². The summed E-state index contributed by atoms with van der Waals surface area (Å²) < 4.78 is 19.5. The van der Waals surface area contributed by atoms with Crippen molar-refractivity contribution in [3.05, 3.63) is 53.1 Å². The predicted molar refractivity (Wildman–Crippen MR) is 136 cm³/mol. The lowest BCUT2D eigenvalue weighted by Crippen LogP contribution is -2.46. The Morgan fingerprint density at radius 3 is 2.84 bits per heavy atom. The number of nitrogens with one attached hydrogen (secondary N) is 2. The van der Waals surface area contributed by atoms with E-state index in [0.29, 0.717) is 50.8 Å². The standard InChI is InChI=1S/C27H29FN6O3/c1-2-16-12-24(35)20(28)13-19(16)17-3-4-18-22(11-17)31-32-26(18)27-29-21-5-6-34(14-23(21)30-27)25(36)15-33-7-9-37-10-8-33/h3-4,11-13,35H,2,5-10,14-15H2,1H3,(H,29,30)(H,31,32). The lowest BCUT2D eigenvalue weighted by molar-refractivity contribution is -0.134. The average molecular weight is 505 g/mol. The molecule has 3 N–H and O–H groups in total. The first kappa shape index (κ1) is 23.6. The summed E-state index contributed by atoms with van der Waals surface area (Å²) in [4.78, 5) is 25.1. The molecule has 2 aliphatic rings. The first-order valence-corrected chi connectivity index (χ1v) is 12.7. The van der Waals surface area contributed by atoms with E-state index in [0.717, 1.165) is 58.5 Å². The van der Waals surface area contributed by atoms with Gasteiger partial charge in [-0.15, -0.1) is 0 Å². The van der Waals surface area contributed by atoms with Crippen molar-refractivity contribution in [2.24, 2.45) is 0 Å². The second-order valence-electron chi connectivity index (χ2n) is 9.61. The third-order valence-electron chi connectivity index (χ3n) is 7.30. The van der Waals surface area contributed by atoms with Crippen LogP contribution < -0.4 is 0 Å². The van der Waals surface area contributed by atoms with Crippen LogP contribution in [0.25, 0.3) is 33.5 Å². The Kier molecular flexibility index (Phi) is 6.13. The van der Waals surface area contributed by atoms with Gasteiger partial charge in [0.2, 0.25) is 5.91 Å². The van der Waals surface area contributed by atoms with Gasteiger partial charge in [0.05, 0.1) is 37.5 Å². The molecule has 0 saturated carbocycles. The molecule has 2 aromatic heterocycles. The molecule has 0 atom stereocenters. The zero-order valence-electron chi connectivity index (χ0n) is 20.7. The quantitative estimate of drug-likeness (QED) is 0.385. The van der Waals surface area contributed by atoms with Crippen LogP contribution in [0.1, 0.15) is 23.9 Å². The SMILES string of the molecule is CCc1cc(O)c(F)cc1-c1ccc2c(-c3nc4c([nH]3)CCN(C(=O)CN3CCOCC3)C4)n[nH]c2c1. The number of ether oxygens (including phenoxy) is 1. The molecule has 1 amide bonds. The third-order valence-corrected chi connectivity index (χ3v) is 7.30. The number of phenols is 1. The van der Waals surface area contributed by atoms with Crippen LogP contribution in [0, 0.1) is 5.82 Å². The monoisotopic (exact) mass is 504 g/mol. The van der Waals surface area contributed by atoms with Gasteiger partial charge in [-0.3, -0.25) is 14.8 Å². The number of morpholine rings is 1. The number of carbonyl (C=O) groups is 1. The number of H-pyrrole nitrogens is 2. The lowest BCUT2D eigenvalue weighted by atomic mass is 9.96. The summed E-state index contributed by atoms with van der Waals surface area (Å²) in [6.45, 7) is 6.43. The molecule has 0 radical (unpaired) electrons. The lowest BCUT2D eigenvalue weighted by Gasteiger charge is -2.31. The van der Waals surface area contributed by atoms with Crippen molar-refractivity contribution < 1.29 is 19.0 Å². The molecule has 0 unspecified atom stereocenters. The molecule has 2 aromatic carbocycles. The number of rotatable bonds is 5. The van der Waals surface area contributed by atoms with Crippen molar-refractivity contribution in [1.82, 2.24) is 30.0 Å². The fourth-order valence-electron chi connectivity index (χ4n) is 5.20. The maximum atomic E-state index is 14.1. The smallest absolute Gasteiger partial charge is 0.237 e. The number of aromatic nitrogens is 4. The van der Waals surface area contributed by atoms with E-state index in [2.05, 4.69) is 20.1 Å². The number of carbonyl (C=O) groups excluding carboxylic acids is 1. The van der Waals surface area contributed by atoms with E-state index in [1.807, 2.05) is 30.0 Å². The Morgan fingerprint density at radius 2 is 2.03 bits per heavy atom. The number of amides is 1. The van der Waals surface area contributed by atoms with Gasteiger partial charge in [-0.05, 0) is 47.4 Å². The summed E-state index contributed by atoms with van der Waals surface area (Å²) in [6, 6.07) is 8.68. The topological polar surface area (TPSA) is 110 Å². The number of aromatic hydroxyl groups is 1. The Morgan fingerprint density at radius 1 is 1.19 bits per heavy atom. The van der Waals surface area contributed by atoms with Gasteiger partial charge in [-0.1, -0.05) is 13.0 Å². The molecule has 0 spiro atoms. The zero-order valence-corrected chi connectivity index (χ0v) is 20.7. The molecule has 10 heteroatoms. The number of hydrogen-bond acceptors (Lipinski definition) is 6. The molecule has 1 fully saturated rings. The number of benzene rings is 2. The fourth-order valence-corrected chi connectivity index (χ4v) is 5.20. The fraction of sp³-hybridized carbons (Fsp3) is 0.370. The van der Waals surface area contributed by atoms with Crippen LogP contribution in [-0.2, 0) is 28.9 Å². The van der Waals surface area contributed by atoms with Gasteiger partial charge in [0.15, 0.2) is 17.4 Å². The molecule has 2 aliphatic heterocycles. The summed E-state index contributed by atoms with van der Waals surface area (Å²) in [5.41, 5.74) is 5.86. The molecule has 0 bridgehead atoms. The van der Waals surface area contributed by atoms with Crippen LogP contribution in [0.4, 0.5) is 4.39 Å². The summed E-state index contributed by atoms with van der Waals surface area (Å²) in [7, 11) is 0. The van der Waals surface area contributed by atoms with E-state index < -0.39 is 5.82 Å². The van der Waals surface area contributed by atoms with Gasteiger partial charge in [-0.25, -0.2) is 9.37 Å². The van der Waals surface area contributed by atoms with Crippen molar-refractivity contribution in [2.75, 3.05) is 39.4 Å². The highest BCUT2D eigenvalue weighted by molar-refractivity contribution is 5.94. The Balaban J connectivity index is 1.24. The van der Waals surface area contributed by atoms with Gasteiger partial charge < -0.3 is 19.7 Å². The van der Waals surface area contributed by atoms with E-state index in [1.165, 1.54) is 12.1 Å². The van der Waals surface area contributed by atoms with Crippen LogP contribution in [-0.4, -0.2) is 80.4 Å². The van der Waals surface area contributed by atoms with Crippen molar-refractivity contribution in [3.8, 4) is 28.4 Å². The number of hydrogen-bond donors (Lipinski definition) is 3. The second-order valence-corrected chi connectivity index (χ2v) is 9.61. The Labute approximate surface area is 213 Å². The summed E-state index contributed by atoms with van der Waals surface area (Å²) in [5.74, 6) is -0.201. The Hall–Kier alpha value is -3.76. The van der Waals surface area contributed by atoms with E-state index in [-0.39, 0.29) is 11.7 Å². The molecule has 4 aromatic rings. The minimum Gasteiger partial charge on any atom is -0.505 e. The minimum atomic E-state index is -0.642. The van der Waals surface area contributed by atoms with E-state index in [9.17, 15) is 14.3 Å². The predicted octanol–water partition coefficient (Wildman–Crippen LogP) is 3.24. The molecular formula is C27H29FN6O3. The number of aromatic amines is 2. The molecule has 6 rings (SSSR count). The summed E-state index contributed by atoms with van der Waals surface area (Å²) in [6.07, 6.45) is 1.38. The highest BCUT2D eigenvalue weighted by Gasteiger charge is 2.26. The van der Waals surface area contributed by atoms with Crippen LogP contribution >= 0.6 is 0 Å². The normalized spacial score (nSPS) is 16.3. The maximum absolute atomic E-state index is 14.1. The third kappa shape index (κ3) is 4.47. The van der Waals surface area contributed by atoms with Crippen molar-refractivity contribution in [3.63, 3.8) is 0 Å². The largest absolute Gasteiger partial charge is 0.505 e. The van der Waals surface area contributed by atoms with Crippen molar-refractivity contribution in [2.45, 2.75) is 26.3 Å². The molecule has 1 saturated heterocycles. The highest BCUT2D eigenvalue weighted by atomic mass is 19.1. The average Bonchev–Trinajstić information content (AvgIpc) is 3.53. The van der Waals surface area contributed by atoms with Gasteiger partial charge in [0.1, 0.15) is 5.69 Å². The molecule has 9 nitrogen and oxygen atoms in total. The number of halogens is 1. The Bertz CT molecular complexity index is 1470. The summed E-state index contributed by atoms with van der Waals surface area (Å²) in [5, 5.41) is 18.3. The van der Waals surface area contributed by atoms with Crippen LogP contribution in [0.2, 0.25) is 0 Å². The first-order valence-electron chi connectivity index (χ1n) is 12.7. The van der Waals surface area contributed by atoms with Gasteiger partial charge in [0.25, 0.3) is 0 Å². The van der Waals surface area contributed by atoms with Crippen LogP contribution in [0.3, 0.4) is 0 Å². The molecule has 192 valence electrons. The number of nitrogens with zero attached hydrogens (tertiary/aromatic N) is 4. The molecule has 4 heterocycles. The van der Waals surface area contributed by atoms with Gasteiger partial charge in [-0.2, -0.15) is 5.10 Å². The number of aryl methyl sites for hydroxylation is 1. The van der Waals surface area contributed by atoms with Crippen molar-refractivity contribution in [1.29, 1.82) is 0 Å². The minimum absolute atomic E-state index is 0.118. The van der Waals surface area contributed by atoms with E-state index in [1.54, 1.807) is 0 Å². The molecular weight excluding hydrogens is 475 g/mol. The maximum Gasteiger partial charge on any atom is 0.237 e. The van der Waals surface area contributed by atoms with Gasteiger partial charge in [0, 0.05) is 37.1 Å². The van der Waals surface area contributed by atoms with E-state index in [4.69, 9.17) is 9.72 Å². The van der Waals surface area contributed by atoms with E-state index >= 15 is 0 Å². The van der Waals surface area contributed by atoms with Crippen LogP contribution in [0.5, 0.6) is 5.75 Å². The number of fused-ring (bicyclic) bond motifs is 2. The van der Waals surface area contributed by atoms with Crippen LogP contribution in [0.15, 0.2) is 30.3 Å². The zero-order chi connectivity index (χ0) is 25.5. The second kappa shape index (κ2) is 9.60.